The highest BCUT2D eigenvalue weighted by Gasteiger charge is 2.21. The molecule has 0 amide bonds. The molecule has 1 atom stereocenters. The molecule has 1 aliphatic rings. The van der Waals surface area contributed by atoms with Crippen molar-refractivity contribution in [1.29, 1.82) is 0 Å². The summed E-state index contributed by atoms with van der Waals surface area (Å²) in [7, 11) is 0. The standard InChI is InChI=1S/C17H19NOS/c19-11-14-7-5-13(6-8-14)9-18-10-15-12-20-17-4-2-1-3-16(15)17/h1-8,15,18-19H,9-12H2. The summed E-state index contributed by atoms with van der Waals surface area (Å²) in [5.74, 6) is 1.79. The van der Waals surface area contributed by atoms with E-state index in [1.54, 1.807) is 0 Å². The van der Waals surface area contributed by atoms with Crippen molar-refractivity contribution < 1.29 is 5.11 Å². The van der Waals surface area contributed by atoms with Gasteiger partial charge >= 0.3 is 0 Å². The van der Waals surface area contributed by atoms with Crippen LogP contribution in [-0.2, 0) is 13.2 Å². The fraction of sp³-hybridized carbons (Fsp3) is 0.294. The Kier molecular flexibility index (Phi) is 4.41. The smallest absolute Gasteiger partial charge is 0.0681 e. The number of fused-ring (bicyclic) bond motifs is 1. The second-order valence-electron chi connectivity index (χ2n) is 5.15. The van der Waals surface area contributed by atoms with Crippen molar-refractivity contribution in [3.63, 3.8) is 0 Å². The van der Waals surface area contributed by atoms with E-state index in [9.17, 15) is 0 Å². The molecule has 0 aliphatic carbocycles. The molecule has 0 saturated heterocycles. The molecule has 2 nitrogen and oxygen atoms in total. The molecule has 0 spiro atoms. The van der Waals surface area contributed by atoms with E-state index < -0.39 is 0 Å². The highest BCUT2D eigenvalue weighted by molar-refractivity contribution is 7.99. The molecule has 0 saturated carbocycles. The highest BCUT2D eigenvalue weighted by atomic mass is 32.2. The molecule has 0 radical (unpaired) electrons. The summed E-state index contributed by atoms with van der Waals surface area (Å²) in [6.07, 6.45) is 0. The van der Waals surface area contributed by atoms with Crippen LogP contribution in [0.15, 0.2) is 53.4 Å². The van der Waals surface area contributed by atoms with Crippen molar-refractivity contribution in [2.45, 2.75) is 24.0 Å². The van der Waals surface area contributed by atoms with E-state index in [2.05, 4.69) is 41.7 Å². The van der Waals surface area contributed by atoms with Gasteiger partial charge in [0.1, 0.15) is 0 Å². The maximum Gasteiger partial charge on any atom is 0.0681 e. The molecule has 1 heterocycles. The minimum Gasteiger partial charge on any atom is -0.392 e. The fourth-order valence-electron chi connectivity index (χ4n) is 2.55. The predicted octanol–water partition coefficient (Wildman–Crippen LogP) is 3.16. The Balaban J connectivity index is 1.53. The molecule has 0 fully saturated rings. The van der Waals surface area contributed by atoms with Gasteiger partial charge in [-0.05, 0) is 22.8 Å². The number of hydrogen-bond donors (Lipinski definition) is 2. The summed E-state index contributed by atoms with van der Waals surface area (Å²) in [4.78, 5) is 1.44. The summed E-state index contributed by atoms with van der Waals surface area (Å²) >= 11 is 1.96. The van der Waals surface area contributed by atoms with Crippen molar-refractivity contribution in [3.05, 3.63) is 65.2 Å². The molecule has 104 valence electrons. The maximum atomic E-state index is 9.02. The molecule has 2 aromatic carbocycles. The lowest BCUT2D eigenvalue weighted by atomic mass is 10.0. The Morgan fingerprint density at radius 1 is 1.05 bits per heavy atom. The van der Waals surface area contributed by atoms with Crippen LogP contribution in [0.25, 0.3) is 0 Å². The van der Waals surface area contributed by atoms with Crippen molar-refractivity contribution in [2.75, 3.05) is 12.3 Å². The summed E-state index contributed by atoms with van der Waals surface area (Å²) in [5, 5.41) is 12.6. The lowest BCUT2D eigenvalue weighted by Crippen LogP contribution is -2.21. The van der Waals surface area contributed by atoms with Gasteiger partial charge in [-0.1, -0.05) is 42.5 Å². The SMILES string of the molecule is OCc1ccc(CNCC2CSc3ccccc32)cc1. The number of hydrogen-bond acceptors (Lipinski definition) is 3. The van der Waals surface area contributed by atoms with Crippen molar-refractivity contribution in [3.8, 4) is 0 Å². The maximum absolute atomic E-state index is 9.02. The number of aliphatic hydroxyl groups is 1. The van der Waals surface area contributed by atoms with Crippen molar-refractivity contribution in [2.24, 2.45) is 0 Å². The Labute approximate surface area is 124 Å². The zero-order chi connectivity index (χ0) is 13.8. The third-order valence-corrected chi connectivity index (χ3v) is 4.98. The van der Waals surface area contributed by atoms with Gasteiger partial charge in [0.05, 0.1) is 6.61 Å². The zero-order valence-corrected chi connectivity index (χ0v) is 12.2. The molecule has 3 rings (SSSR count). The van der Waals surface area contributed by atoms with Gasteiger partial charge < -0.3 is 10.4 Å². The van der Waals surface area contributed by atoms with E-state index in [0.717, 1.165) is 18.7 Å². The monoisotopic (exact) mass is 285 g/mol. The van der Waals surface area contributed by atoms with E-state index >= 15 is 0 Å². The number of nitrogens with one attached hydrogen (secondary N) is 1. The first-order valence-electron chi connectivity index (χ1n) is 6.98. The fourth-order valence-corrected chi connectivity index (χ4v) is 3.81. The van der Waals surface area contributed by atoms with E-state index in [-0.39, 0.29) is 6.61 Å². The van der Waals surface area contributed by atoms with Gasteiger partial charge in [-0.25, -0.2) is 0 Å². The normalized spacial score (nSPS) is 17.1. The third-order valence-electron chi connectivity index (χ3n) is 3.72. The van der Waals surface area contributed by atoms with Crippen LogP contribution in [0.5, 0.6) is 0 Å². The molecular weight excluding hydrogens is 266 g/mol. The molecule has 1 aliphatic heterocycles. The Bertz CT molecular complexity index is 567. The largest absolute Gasteiger partial charge is 0.392 e. The van der Waals surface area contributed by atoms with Crippen LogP contribution < -0.4 is 5.32 Å². The molecule has 20 heavy (non-hydrogen) atoms. The van der Waals surface area contributed by atoms with Crippen LogP contribution in [-0.4, -0.2) is 17.4 Å². The van der Waals surface area contributed by atoms with Crippen molar-refractivity contribution in [1.82, 2.24) is 5.32 Å². The predicted molar refractivity (Wildman–Crippen MR) is 84.0 cm³/mol. The van der Waals surface area contributed by atoms with Crippen LogP contribution in [0.3, 0.4) is 0 Å². The van der Waals surface area contributed by atoms with Gasteiger partial charge in [0.25, 0.3) is 0 Å². The minimum absolute atomic E-state index is 0.115. The third kappa shape index (κ3) is 3.06. The average Bonchev–Trinajstić information content (AvgIpc) is 2.92. The van der Waals surface area contributed by atoms with Gasteiger partial charge in [-0.3, -0.25) is 0 Å². The first kappa shape index (κ1) is 13.7. The van der Waals surface area contributed by atoms with Crippen LogP contribution in [0.1, 0.15) is 22.6 Å². The van der Waals surface area contributed by atoms with Gasteiger partial charge in [-0.15, -0.1) is 11.8 Å². The van der Waals surface area contributed by atoms with Gasteiger partial charge in [0.15, 0.2) is 0 Å². The zero-order valence-electron chi connectivity index (χ0n) is 11.4. The molecule has 0 bridgehead atoms. The molecule has 1 unspecified atom stereocenters. The Morgan fingerprint density at radius 2 is 1.80 bits per heavy atom. The Hall–Kier alpha value is -1.29. The Morgan fingerprint density at radius 3 is 2.60 bits per heavy atom. The number of rotatable bonds is 5. The van der Waals surface area contributed by atoms with E-state index in [4.69, 9.17) is 5.11 Å². The minimum atomic E-state index is 0.115. The first-order valence-corrected chi connectivity index (χ1v) is 7.96. The number of aliphatic hydroxyl groups excluding tert-OH is 1. The van der Waals surface area contributed by atoms with Crippen LogP contribution in [0, 0.1) is 0 Å². The topological polar surface area (TPSA) is 32.3 Å². The summed E-state index contributed by atoms with van der Waals surface area (Å²) in [6, 6.07) is 16.8. The van der Waals surface area contributed by atoms with E-state index in [1.165, 1.54) is 21.8 Å². The summed E-state index contributed by atoms with van der Waals surface area (Å²) < 4.78 is 0. The highest BCUT2D eigenvalue weighted by Crippen LogP contribution is 2.38. The molecule has 0 aromatic heterocycles. The van der Waals surface area contributed by atoms with Crippen LogP contribution >= 0.6 is 11.8 Å². The lowest BCUT2D eigenvalue weighted by Gasteiger charge is -2.12. The summed E-state index contributed by atoms with van der Waals surface area (Å²) in [5.41, 5.74) is 3.72. The summed E-state index contributed by atoms with van der Waals surface area (Å²) in [6.45, 7) is 2.02. The van der Waals surface area contributed by atoms with Gasteiger partial charge in [0, 0.05) is 29.7 Å². The van der Waals surface area contributed by atoms with E-state index in [1.807, 2.05) is 23.9 Å². The first-order chi connectivity index (χ1) is 9.86. The molecule has 2 N–H and O–H groups in total. The number of thioether (sulfide) groups is 1. The number of benzene rings is 2. The molecule has 3 heteroatoms. The van der Waals surface area contributed by atoms with E-state index in [0.29, 0.717) is 5.92 Å². The average molecular weight is 285 g/mol. The van der Waals surface area contributed by atoms with Gasteiger partial charge in [0.2, 0.25) is 0 Å². The second kappa shape index (κ2) is 6.44. The van der Waals surface area contributed by atoms with Gasteiger partial charge in [-0.2, -0.15) is 0 Å². The second-order valence-corrected chi connectivity index (χ2v) is 6.21. The van der Waals surface area contributed by atoms with Crippen LogP contribution in [0.4, 0.5) is 0 Å². The quantitative estimate of drug-likeness (QED) is 0.885. The van der Waals surface area contributed by atoms with Crippen LogP contribution in [0.2, 0.25) is 0 Å². The van der Waals surface area contributed by atoms with Crippen molar-refractivity contribution >= 4 is 11.8 Å². The lowest BCUT2D eigenvalue weighted by molar-refractivity contribution is 0.282. The molecular formula is C17H19NOS. The molecule has 2 aromatic rings.